The summed E-state index contributed by atoms with van der Waals surface area (Å²) in [5.41, 5.74) is 2.67. The molecule has 3 aromatic carbocycles. The highest BCUT2D eigenvalue weighted by Gasteiger charge is 2.29. The third-order valence-corrected chi connectivity index (χ3v) is 7.17. The molecule has 1 aliphatic carbocycles. The van der Waals surface area contributed by atoms with E-state index in [1.165, 1.54) is 12.1 Å². The van der Waals surface area contributed by atoms with Gasteiger partial charge in [-0.3, -0.25) is 9.52 Å². The molecule has 0 atom stereocenters. The number of sulfonamides is 1. The summed E-state index contributed by atoms with van der Waals surface area (Å²) in [6.07, 6.45) is 2.12. The van der Waals surface area contributed by atoms with Crippen LogP contribution in [0.3, 0.4) is 0 Å². The number of carbonyl (C=O) groups is 1. The van der Waals surface area contributed by atoms with Gasteiger partial charge in [-0.2, -0.15) is 5.10 Å². The first-order chi connectivity index (χ1) is 16.4. The molecule has 0 aliphatic heterocycles. The van der Waals surface area contributed by atoms with Crippen LogP contribution in [-0.4, -0.2) is 24.1 Å². The minimum absolute atomic E-state index is 0.000422. The quantitative estimate of drug-likeness (QED) is 0.358. The van der Waals surface area contributed by atoms with Crippen molar-refractivity contribution in [1.82, 2.24) is 9.78 Å². The molecule has 1 aliphatic rings. The predicted molar refractivity (Wildman–Crippen MR) is 132 cm³/mol. The SMILES string of the molecule is O=C(Nc1cccc(S(=O)(=O)Nc2ccccc2Cl)c1)c1cc(C2CC2)nn1-c1ccccc1. The Morgan fingerprint density at radius 3 is 2.41 bits per heavy atom. The van der Waals surface area contributed by atoms with Crippen molar-refractivity contribution in [3.8, 4) is 5.69 Å². The van der Waals surface area contributed by atoms with Gasteiger partial charge in [0.05, 0.1) is 27.0 Å². The minimum atomic E-state index is -3.91. The van der Waals surface area contributed by atoms with Crippen molar-refractivity contribution in [2.45, 2.75) is 23.7 Å². The van der Waals surface area contributed by atoms with Crippen LogP contribution in [0.4, 0.5) is 11.4 Å². The van der Waals surface area contributed by atoms with Gasteiger partial charge < -0.3 is 5.32 Å². The molecule has 1 heterocycles. The highest BCUT2D eigenvalue weighted by atomic mass is 35.5. The van der Waals surface area contributed by atoms with E-state index in [0.717, 1.165) is 24.2 Å². The van der Waals surface area contributed by atoms with Crippen LogP contribution in [0.2, 0.25) is 5.02 Å². The molecule has 34 heavy (non-hydrogen) atoms. The monoisotopic (exact) mass is 492 g/mol. The standard InChI is InChI=1S/C25H21ClN4O3S/c26-21-11-4-5-12-22(21)29-34(32,33)20-10-6-7-18(15-20)27-25(31)24-16-23(17-13-14-17)28-30(24)19-8-2-1-3-9-19/h1-12,15-17,29H,13-14H2,(H,27,31). The number of hydrogen-bond acceptors (Lipinski definition) is 4. The number of hydrogen-bond donors (Lipinski definition) is 2. The van der Waals surface area contributed by atoms with Gasteiger partial charge in [-0.05, 0) is 61.4 Å². The molecule has 1 amide bonds. The number of anilines is 2. The summed E-state index contributed by atoms with van der Waals surface area (Å²) < 4.78 is 29.9. The zero-order valence-electron chi connectivity index (χ0n) is 18.0. The van der Waals surface area contributed by atoms with Crippen LogP contribution in [0.15, 0.2) is 89.8 Å². The van der Waals surface area contributed by atoms with Gasteiger partial charge in [0, 0.05) is 11.6 Å². The lowest BCUT2D eigenvalue weighted by molar-refractivity contribution is 0.101. The molecule has 1 fully saturated rings. The zero-order valence-corrected chi connectivity index (χ0v) is 19.6. The largest absolute Gasteiger partial charge is 0.321 e. The number of halogens is 1. The second-order valence-corrected chi connectivity index (χ2v) is 10.1. The normalized spacial score (nSPS) is 13.4. The van der Waals surface area contributed by atoms with E-state index in [4.69, 9.17) is 11.6 Å². The molecule has 0 bridgehead atoms. The van der Waals surface area contributed by atoms with E-state index in [9.17, 15) is 13.2 Å². The summed E-state index contributed by atoms with van der Waals surface area (Å²) in [4.78, 5) is 13.2. The molecule has 172 valence electrons. The highest BCUT2D eigenvalue weighted by molar-refractivity contribution is 7.92. The van der Waals surface area contributed by atoms with E-state index >= 15 is 0 Å². The Kier molecular flexibility index (Phi) is 5.85. The maximum Gasteiger partial charge on any atom is 0.274 e. The van der Waals surface area contributed by atoms with Crippen LogP contribution < -0.4 is 10.0 Å². The Hall–Kier alpha value is -3.62. The van der Waals surface area contributed by atoms with Gasteiger partial charge in [-0.15, -0.1) is 0 Å². The van der Waals surface area contributed by atoms with Crippen molar-refractivity contribution in [1.29, 1.82) is 0 Å². The van der Waals surface area contributed by atoms with Crippen molar-refractivity contribution < 1.29 is 13.2 Å². The van der Waals surface area contributed by atoms with Gasteiger partial charge in [-0.1, -0.05) is 48.0 Å². The van der Waals surface area contributed by atoms with Gasteiger partial charge in [0.1, 0.15) is 5.69 Å². The van der Waals surface area contributed by atoms with Crippen LogP contribution in [0.1, 0.15) is 34.9 Å². The number of para-hydroxylation sites is 2. The smallest absolute Gasteiger partial charge is 0.274 e. The fraction of sp³-hybridized carbons (Fsp3) is 0.120. The third kappa shape index (κ3) is 4.69. The predicted octanol–water partition coefficient (Wildman–Crippen LogP) is 5.46. The lowest BCUT2D eigenvalue weighted by Crippen LogP contribution is -2.18. The number of carbonyl (C=O) groups excluding carboxylic acids is 1. The third-order valence-electron chi connectivity index (χ3n) is 5.48. The molecule has 2 N–H and O–H groups in total. The Balaban J connectivity index is 1.41. The first-order valence-electron chi connectivity index (χ1n) is 10.7. The van der Waals surface area contributed by atoms with E-state index in [-0.39, 0.29) is 21.5 Å². The molecule has 7 nitrogen and oxygen atoms in total. The fourth-order valence-corrected chi connectivity index (χ4v) is 4.95. The lowest BCUT2D eigenvalue weighted by Gasteiger charge is -2.12. The van der Waals surface area contributed by atoms with Gasteiger partial charge >= 0.3 is 0 Å². The molecule has 0 saturated heterocycles. The number of amides is 1. The summed E-state index contributed by atoms with van der Waals surface area (Å²) in [6, 6.07) is 23.9. The topological polar surface area (TPSA) is 93.1 Å². The van der Waals surface area contributed by atoms with Crippen molar-refractivity contribution in [3.05, 3.63) is 101 Å². The Labute approximate surface area is 202 Å². The second-order valence-electron chi connectivity index (χ2n) is 8.04. The second kappa shape index (κ2) is 8.96. The van der Waals surface area contributed by atoms with Crippen LogP contribution in [0, 0.1) is 0 Å². The fourth-order valence-electron chi connectivity index (χ4n) is 3.59. The molecule has 4 aromatic rings. The van der Waals surface area contributed by atoms with Gasteiger partial charge in [0.2, 0.25) is 0 Å². The van der Waals surface area contributed by atoms with Crippen molar-refractivity contribution >= 4 is 38.9 Å². The van der Waals surface area contributed by atoms with Gasteiger partial charge in [0.25, 0.3) is 15.9 Å². The number of rotatable bonds is 7. The lowest BCUT2D eigenvalue weighted by atomic mass is 10.2. The zero-order chi connectivity index (χ0) is 23.7. The molecular weight excluding hydrogens is 472 g/mol. The molecule has 1 saturated carbocycles. The molecule has 5 rings (SSSR count). The molecule has 0 spiro atoms. The van der Waals surface area contributed by atoms with E-state index in [1.807, 2.05) is 30.3 Å². The van der Waals surface area contributed by atoms with Crippen LogP contribution in [0.25, 0.3) is 5.69 Å². The summed E-state index contributed by atoms with van der Waals surface area (Å²) in [7, 11) is -3.91. The van der Waals surface area contributed by atoms with Crippen molar-refractivity contribution in [2.24, 2.45) is 0 Å². The Morgan fingerprint density at radius 2 is 1.68 bits per heavy atom. The summed E-state index contributed by atoms with van der Waals surface area (Å²) in [5, 5.41) is 7.75. The molecule has 0 unspecified atom stereocenters. The Bertz CT molecular complexity index is 1460. The molecule has 9 heteroatoms. The van der Waals surface area contributed by atoms with E-state index in [0.29, 0.717) is 17.3 Å². The number of benzene rings is 3. The average Bonchev–Trinajstić information content (AvgIpc) is 3.59. The van der Waals surface area contributed by atoms with Crippen LogP contribution >= 0.6 is 11.6 Å². The summed E-state index contributed by atoms with van der Waals surface area (Å²) in [6.45, 7) is 0. The molecular formula is C25H21ClN4O3S. The summed E-state index contributed by atoms with van der Waals surface area (Å²) in [5.74, 6) is -0.00210. The average molecular weight is 493 g/mol. The molecule has 1 aromatic heterocycles. The van der Waals surface area contributed by atoms with E-state index in [1.54, 1.807) is 47.1 Å². The highest BCUT2D eigenvalue weighted by Crippen LogP contribution is 2.39. The maximum absolute atomic E-state index is 13.2. The summed E-state index contributed by atoms with van der Waals surface area (Å²) >= 11 is 6.09. The number of nitrogens with zero attached hydrogens (tertiary/aromatic N) is 2. The Morgan fingerprint density at radius 1 is 0.941 bits per heavy atom. The van der Waals surface area contributed by atoms with Crippen LogP contribution in [0.5, 0.6) is 0 Å². The van der Waals surface area contributed by atoms with Gasteiger partial charge in [-0.25, -0.2) is 13.1 Å². The first kappa shape index (κ1) is 22.2. The number of nitrogens with one attached hydrogen (secondary N) is 2. The van der Waals surface area contributed by atoms with Crippen LogP contribution in [-0.2, 0) is 10.0 Å². The van der Waals surface area contributed by atoms with E-state index in [2.05, 4.69) is 15.1 Å². The van der Waals surface area contributed by atoms with Gasteiger partial charge in [0.15, 0.2) is 0 Å². The van der Waals surface area contributed by atoms with E-state index < -0.39 is 10.0 Å². The molecule has 0 radical (unpaired) electrons. The number of aromatic nitrogens is 2. The first-order valence-corrected chi connectivity index (χ1v) is 12.6. The van der Waals surface area contributed by atoms with Crippen molar-refractivity contribution in [2.75, 3.05) is 10.0 Å². The minimum Gasteiger partial charge on any atom is -0.321 e. The maximum atomic E-state index is 13.2. The van der Waals surface area contributed by atoms with Crippen molar-refractivity contribution in [3.63, 3.8) is 0 Å².